The van der Waals surface area contributed by atoms with Crippen LogP contribution in [0, 0.1) is 27.7 Å². The van der Waals surface area contributed by atoms with Gasteiger partial charge in [-0.05, 0) is 73.9 Å². The number of aryl methyl sites for hydroxylation is 4. The van der Waals surface area contributed by atoms with Crippen molar-refractivity contribution in [3.63, 3.8) is 0 Å². The van der Waals surface area contributed by atoms with Crippen molar-refractivity contribution in [1.82, 2.24) is 0 Å². The summed E-state index contributed by atoms with van der Waals surface area (Å²) in [5.74, 6) is 0. The van der Waals surface area contributed by atoms with E-state index in [1.807, 2.05) is 12.3 Å². The summed E-state index contributed by atoms with van der Waals surface area (Å²) in [6.45, 7) is 10.2. The molecule has 0 amide bonds. The number of hydrogen-bond donors (Lipinski definition) is 1. The van der Waals surface area contributed by atoms with E-state index in [0.29, 0.717) is 0 Å². The number of hydrogen-bond acceptors (Lipinski definition) is 2. The summed E-state index contributed by atoms with van der Waals surface area (Å²) in [4.78, 5) is 1.04. The third kappa shape index (κ3) is 2.11. The van der Waals surface area contributed by atoms with Crippen molar-refractivity contribution in [3.8, 4) is 0 Å². The molecule has 0 saturated carbocycles. The van der Waals surface area contributed by atoms with Crippen LogP contribution in [-0.4, -0.2) is 5.11 Å². The van der Waals surface area contributed by atoms with Crippen LogP contribution in [0.1, 0.15) is 39.6 Å². The lowest BCUT2D eigenvalue weighted by Gasteiger charge is -2.26. The summed E-state index contributed by atoms with van der Waals surface area (Å²) in [5, 5.41) is 13.0. The molecular weight excluding hydrogens is 240 g/mol. The molecule has 1 aromatic carbocycles. The Kier molecular flexibility index (Phi) is 3.35. The van der Waals surface area contributed by atoms with Crippen molar-refractivity contribution in [1.29, 1.82) is 0 Å². The molecule has 2 heteroatoms. The summed E-state index contributed by atoms with van der Waals surface area (Å²) in [6, 6.07) is 6.33. The van der Waals surface area contributed by atoms with Crippen molar-refractivity contribution < 1.29 is 5.11 Å². The fourth-order valence-corrected chi connectivity index (χ4v) is 3.48. The van der Waals surface area contributed by atoms with Crippen LogP contribution in [0.4, 0.5) is 0 Å². The number of rotatable bonds is 2. The largest absolute Gasteiger partial charge is 0.380 e. The van der Waals surface area contributed by atoms with Crippen molar-refractivity contribution in [2.24, 2.45) is 0 Å². The van der Waals surface area contributed by atoms with Gasteiger partial charge in [0.1, 0.15) is 5.60 Å². The Morgan fingerprint density at radius 1 is 0.944 bits per heavy atom. The molecule has 0 radical (unpaired) electrons. The zero-order valence-corrected chi connectivity index (χ0v) is 12.5. The molecule has 0 aliphatic carbocycles. The molecule has 0 aliphatic heterocycles. The molecular formula is C16H20OS. The Morgan fingerprint density at radius 3 is 2.11 bits per heavy atom. The Labute approximate surface area is 113 Å². The highest BCUT2D eigenvalue weighted by atomic mass is 32.1. The fraction of sp³-hybridized carbons (Fsp3) is 0.375. The smallest absolute Gasteiger partial charge is 0.121 e. The van der Waals surface area contributed by atoms with Gasteiger partial charge in [-0.25, -0.2) is 0 Å². The first-order valence-corrected chi connectivity index (χ1v) is 7.07. The first-order chi connectivity index (χ1) is 8.34. The van der Waals surface area contributed by atoms with Crippen LogP contribution in [-0.2, 0) is 5.60 Å². The van der Waals surface area contributed by atoms with Gasteiger partial charge in [-0.2, -0.15) is 0 Å². The van der Waals surface area contributed by atoms with Crippen molar-refractivity contribution >= 4 is 11.3 Å². The molecule has 0 spiro atoms. The van der Waals surface area contributed by atoms with E-state index in [1.165, 1.54) is 11.1 Å². The van der Waals surface area contributed by atoms with Gasteiger partial charge in [0.05, 0.1) is 0 Å². The van der Waals surface area contributed by atoms with E-state index in [9.17, 15) is 5.11 Å². The molecule has 1 aromatic heterocycles. The summed E-state index contributed by atoms with van der Waals surface area (Å²) in [5.41, 5.74) is 4.91. The second kappa shape index (κ2) is 4.52. The highest BCUT2D eigenvalue weighted by Gasteiger charge is 2.30. The van der Waals surface area contributed by atoms with Crippen LogP contribution in [0.3, 0.4) is 0 Å². The Balaban J connectivity index is 2.61. The average molecular weight is 260 g/mol. The van der Waals surface area contributed by atoms with E-state index in [0.717, 1.165) is 21.6 Å². The maximum Gasteiger partial charge on any atom is 0.121 e. The minimum Gasteiger partial charge on any atom is -0.380 e. The quantitative estimate of drug-likeness (QED) is 0.856. The molecule has 0 aliphatic rings. The van der Waals surface area contributed by atoms with E-state index in [1.54, 1.807) is 11.3 Å². The number of benzene rings is 1. The summed E-state index contributed by atoms with van der Waals surface area (Å²) in [7, 11) is 0. The molecule has 18 heavy (non-hydrogen) atoms. The monoisotopic (exact) mass is 260 g/mol. The highest BCUT2D eigenvalue weighted by Crippen LogP contribution is 2.37. The summed E-state index contributed by atoms with van der Waals surface area (Å²) < 4.78 is 0. The fourth-order valence-electron chi connectivity index (χ4n) is 2.48. The van der Waals surface area contributed by atoms with Gasteiger partial charge < -0.3 is 5.11 Å². The van der Waals surface area contributed by atoms with E-state index in [-0.39, 0.29) is 0 Å². The van der Waals surface area contributed by atoms with E-state index in [4.69, 9.17) is 0 Å². The second-order valence-electron chi connectivity index (χ2n) is 5.26. The summed E-state index contributed by atoms with van der Waals surface area (Å²) >= 11 is 1.62. The van der Waals surface area contributed by atoms with Crippen LogP contribution in [0.15, 0.2) is 23.6 Å². The first-order valence-electron chi connectivity index (χ1n) is 6.19. The molecule has 1 unspecified atom stereocenters. The van der Waals surface area contributed by atoms with Gasteiger partial charge in [0.15, 0.2) is 0 Å². The molecule has 96 valence electrons. The second-order valence-corrected chi connectivity index (χ2v) is 6.17. The van der Waals surface area contributed by atoms with Crippen LogP contribution < -0.4 is 0 Å². The van der Waals surface area contributed by atoms with Gasteiger partial charge >= 0.3 is 0 Å². The molecule has 2 rings (SSSR count). The van der Waals surface area contributed by atoms with Crippen molar-refractivity contribution in [2.45, 2.75) is 40.2 Å². The summed E-state index contributed by atoms with van der Waals surface area (Å²) in [6.07, 6.45) is 0. The zero-order valence-electron chi connectivity index (χ0n) is 11.7. The molecule has 0 fully saturated rings. The Hall–Kier alpha value is -1.12. The highest BCUT2D eigenvalue weighted by molar-refractivity contribution is 7.10. The van der Waals surface area contributed by atoms with E-state index < -0.39 is 5.60 Å². The molecule has 1 heterocycles. The third-order valence-electron chi connectivity index (χ3n) is 3.67. The minimum absolute atomic E-state index is 0.902. The number of aliphatic hydroxyl groups is 1. The predicted octanol–water partition coefficient (Wildman–Crippen LogP) is 4.24. The SMILES string of the molecule is Cc1cc(C)c(C(C)(O)c2sccc2C)cc1C. The zero-order chi connectivity index (χ0) is 13.5. The van der Waals surface area contributed by atoms with Crippen LogP contribution in [0.2, 0.25) is 0 Å². The molecule has 0 saturated heterocycles. The average Bonchev–Trinajstić information content (AvgIpc) is 2.70. The van der Waals surface area contributed by atoms with Gasteiger partial charge in [0, 0.05) is 4.88 Å². The van der Waals surface area contributed by atoms with E-state index in [2.05, 4.69) is 45.9 Å². The maximum atomic E-state index is 10.9. The Morgan fingerprint density at radius 2 is 1.56 bits per heavy atom. The van der Waals surface area contributed by atoms with Gasteiger partial charge in [0.25, 0.3) is 0 Å². The van der Waals surface area contributed by atoms with Crippen LogP contribution in [0.25, 0.3) is 0 Å². The van der Waals surface area contributed by atoms with Crippen LogP contribution >= 0.6 is 11.3 Å². The van der Waals surface area contributed by atoms with Gasteiger partial charge in [0.2, 0.25) is 0 Å². The number of thiophene rings is 1. The lowest BCUT2D eigenvalue weighted by Crippen LogP contribution is -2.24. The van der Waals surface area contributed by atoms with Gasteiger partial charge in [-0.15, -0.1) is 11.3 Å². The van der Waals surface area contributed by atoms with E-state index >= 15 is 0 Å². The third-order valence-corrected chi connectivity index (χ3v) is 4.90. The normalized spacial score (nSPS) is 14.6. The lowest BCUT2D eigenvalue weighted by molar-refractivity contribution is 0.105. The van der Waals surface area contributed by atoms with Gasteiger partial charge in [-0.3, -0.25) is 0 Å². The molecule has 1 N–H and O–H groups in total. The predicted molar refractivity (Wildman–Crippen MR) is 78.4 cm³/mol. The molecule has 0 bridgehead atoms. The Bertz CT molecular complexity index is 579. The molecule has 1 nitrogen and oxygen atoms in total. The molecule has 1 atom stereocenters. The van der Waals surface area contributed by atoms with Crippen LogP contribution in [0.5, 0.6) is 0 Å². The maximum absolute atomic E-state index is 10.9. The first kappa shape index (κ1) is 13.3. The standard InChI is InChI=1S/C16H20OS/c1-10-6-7-18-15(10)16(5,17)14-9-12(3)11(2)8-13(14)4/h6-9,17H,1-5H3. The minimum atomic E-state index is -0.902. The lowest BCUT2D eigenvalue weighted by atomic mass is 9.87. The van der Waals surface area contributed by atoms with Gasteiger partial charge in [-0.1, -0.05) is 12.1 Å². The van der Waals surface area contributed by atoms with Crippen molar-refractivity contribution in [2.75, 3.05) is 0 Å². The topological polar surface area (TPSA) is 20.2 Å². The van der Waals surface area contributed by atoms with Crippen molar-refractivity contribution in [3.05, 3.63) is 56.3 Å². The molecule has 2 aromatic rings.